The first-order chi connectivity index (χ1) is 9.54. The van der Waals surface area contributed by atoms with E-state index in [0.29, 0.717) is 12.1 Å². The monoisotopic (exact) mass is 291 g/mol. The highest BCUT2D eigenvalue weighted by Crippen LogP contribution is 2.18. The first kappa shape index (κ1) is 14.6. The Bertz CT molecular complexity index is 685. The molecule has 0 saturated carbocycles. The number of nitrogens with zero attached hydrogens (tertiary/aromatic N) is 1. The summed E-state index contributed by atoms with van der Waals surface area (Å²) in [5.41, 5.74) is 7.99. The number of benzene rings is 1. The van der Waals surface area contributed by atoms with Gasteiger partial charge in [0.2, 0.25) is 10.0 Å². The fourth-order valence-corrected chi connectivity index (χ4v) is 3.23. The second-order valence-corrected chi connectivity index (χ2v) is 6.16. The third kappa shape index (κ3) is 3.22. The lowest BCUT2D eigenvalue weighted by atomic mass is 10.1. The molecule has 1 aromatic heterocycles. The molecule has 3 N–H and O–H groups in total. The van der Waals surface area contributed by atoms with Crippen LogP contribution in [-0.2, 0) is 23.1 Å². The van der Waals surface area contributed by atoms with Crippen LogP contribution in [0.2, 0.25) is 0 Å². The molecule has 0 aliphatic heterocycles. The number of hydrogen-bond acceptors (Lipinski definition) is 4. The molecule has 1 heterocycles. The van der Waals surface area contributed by atoms with Gasteiger partial charge in [-0.1, -0.05) is 12.1 Å². The van der Waals surface area contributed by atoms with Crippen molar-refractivity contribution in [2.45, 2.75) is 24.9 Å². The SMILES string of the molecule is Cc1c(CN)cccc1S(=O)(=O)NCc1ccncc1. The van der Waals surface area contributed by atoms with Crippen molar-refractivity contribution in [2.75, 3.05) is 0 Å². The zero-order chi connectivity index (χ0) is 14.6. The first-order valence-corrected chi connectivity index (χ1v) is 7.70. The van der Waals surface area contributed by atoms with Crippen LogP contribution in [0.15, 0.2) is 47.6 Å². The summed E-state index contributed by atoms with van der Waals surface area (Å²) in [5, 5.41) is 0. The highest BCUT2D eigenvalue weighted by Gasteiger charge is 2.17. The lowest BCUT2D eigenvalue weighted by Gasteiger charge is -2.11. The molecule has 2 rings (SSSR count). The highest BCUT2D eigenvalue weighted by atomic mass is 32.2. The molecule has 0 aliphatic carbocycles. The summed E-state index contributed by atoms with van der Waals surface area (Å²) in [6.45, 7) is 2.32. The fourth-order valence-electron chi connectivity index (χ4n) is 1.93. The quantitative estimate of drug-likeness (QED) is 0.870. The predicted octanol–water partition coefficient (Wildman–Crippen LogP) is 1.33. The van der Waals surface area contributed by atoms with Crippen molar-refractivity contribution in [3.05, 3.63) is 59.4 Å². The Labute approximate surface area is 118 Å². The minimum Gasteiger partial charge on any atom is -0.326 e. The molecule has 0 aliphatic rings. The van der Waals surface area contributed by atoms with E-state index < -0.39 is 10.0 Å². The van der Waals surface area contributed by atoms with E-state index in [1.54, 1.807) is 43.6 Å². The third-order valence-electron chi connectivity index (χ3n) is 3.12. The van der Waals surface area contributed by atoms with Crippen molar-refractivity contribution in [3.63, 3.8) is 0 Å². The number of hydrogen-bond donors (Lipinski definition) is 2. The Balaban J connectivity index is 2.23. The summed E-state index contributed by atoms with van der Waals surface area (Å²) in [7, 11) is -3.55. The highest BCUT2D eigenvalue weighted by molar-refractivity contribution is 7.89. The Morgan fingerprint density at radius 2 is 1.90 bits per heavy atom. The smallest absolute Gasteiger partial charge is 0.241 e. The maximum Gasteiger partial charge on any atom is 0.241 e. The van der Waals surface area contributed by atoms with Crippen molar-refractivity contribution in [3.8, 4) is 0 Å². The van der Waals surface area contributed by atoms with Gasteiger partial charge in [0, 0.05) is 25.5 Å². The lowest BCUT2D eigenvalue weighted by molar-refractivity contribution is 0.580. The van der Waals surface area contributed by atoms with Crippen molar-refractivity contribution < 1.29 is 8.42 Å². The van der Waals surface area contributed by atoms with Gasteiger partial charge < -0.3 is 5.73 Å². The van der Waals surface area contributed by atoms with E-state index >= 15 is 0 Å². The molecular formula is C14H17N3O2S. The molecule has 0 saturated heterocycles. The second kappa shape index (κ2) is 6.13. The van der Waals surface area contributed by atoms with E-state index in [1.165, 1.54) is 0 Å². The van der Waals surface area contributed by atoms with Gasteiger partial charge in [-0.25, -0.2) is 13.1 Å². The maximum atomic E-state index is 12.3. The summed E-state index contributed by atoms with van der Waals surface area (Å²) < 4.78 is 27.2. The summed E-state index contributed by atoms with van der Waals surface area (Å²) >= 11 is 0. The van der Waals surface area contributed by atoms with Gasteiger partial charge in [-0.3, -0.25) is 4.98 Å². The Hall–Kier alpha value is -1.76. The summed E-state index contributed by atoms with van der Waals surface area (Å²) in [4.78, 5) is 4.17. The predicted molar refractivity (Wildman–Crippen MR) is 77.3 cm³/mol. The van der Waals surface area contributed by atoms with Gasteiger partial charge >= 0.3 is 0 Å². The first-order valence-electron chi connectivity index (χ1n) is 6.21. The average Bonchev–Trinajstić information content (AvgIpc) is 2.46. The number of nitrogens with two attached hydrogens (primary N) is 1. The van der Waals surface area contributed by atoms with E-state index in [-0.39, 0.29) is 11.4 Å². The van der Waals surface area contributed by atoms with Gasteiger partial charge in [-0.2, -0.15) is 0 Å². The van der Waals surface area contributed by atoms with E-state index in [4.69, 9.17) is 5.73 Å². The largest absolute Gasteiger partial charge is 0.326 e. The summed E-state index contributed by atoms with van der Waals surface area (Å²) in [6.07, 6.45) is 3.26. The van der Waals surface area contributed by atoms with E-state index in [9.17, 15) is 8.42 Å². The van der Waals surface area contributed by atoms with Gasteiger partial charge in [-0.15, -0.1) is 0 Å². The van der Waals surface area contributed by atoms with Crippen LogP contribution < -0.4 is 10.5 Å². The molecule has 0 radical (unpaired) electrons. The summed E-state index contributed by atoms with van der Waals surface area (Å²) in [5.74, 6) is 0. The van der Waals surface area contributed by atoms with Gasteiger partial charge in [0.15, 0.2) is 0 Å². The van der Waals surface area contributed by atoms with Gasteiger partial charge in [0.05, 0.1) is 4.90 Å². The van der Waals surface area contributed by atoms with E-state index in [0.717, 1.165) is 11.1 Å². The standard InChI is InChI=1S/C14H17N3O2S/c1-11-13(9-15)3-2-4-14(11)20(18,19)17-10-12-5-7-16-8-6-12/h2-8,17H,9-10,15H2,1H3. The molecule has 0 atom stereocenters. The van der Waals surface area contributed by atoms with Gasteiger partial charge in [0.25, 0.3) is 0 Å². The molecule has 0 spiro atoms. The van der Waals surface area contributed by atoms with Gasteiger partial charge in [0.1, 0.15) is 0 Å². The van der Waals surface area contributed by atoms with Crippen LogP contribution in [-0.4, -0.2) is 13.4 Å². The van der Waals surface area contributed by atoms with Crippen LogP contribution in [0.5, 0.6) is 0 Å². The number of sulfonamides is 1. The Morgan fingerprint density at radius 1 is 1.20 bits per heavy atom. The zero-order valence-electron chi connectivity index (χ0n) is 11.2. The molecule has 2 aromatic rings. The second-order valence-electron chi connectivity index (χ2n) is 4.42. The number of aromatic nitrogens is 1. The van der Waals surface area contributed by atoms with Gasteiger partial charge in [-0.05, 0) is 41.8 Å². The molecule has 5 nitrogen and oxygen atoms in total. The summed E-state index contributed by atoms with van der Waals surface area (Å²) in [6, 6.07) is 8.66. The van der Waals surface area contributed by atoms with Crippen LogP contribution in [0, 0.1) is 6.92 Å². The normalized spacial score (nSPS) is 11.5. The van der Waals surface area contributed by atoms with E-state index in [1.807, 2.05) is 6.07 Å². The molecule has 106 valence electrons. The molecule has 6 heteroatoms. The van der Waals surface area contributed by atoms with Crippen LogP contribution in [0.1, 0.15) is 16.7 Å². The van der Waals surface area contributed by atoms with Crippen molar-refractivity contribution >= 4 is 10.0 Å². The lowest BCUT2D eigenvalue weighted by Crippen LogP contribution is -2.24. The average molecular weight is 291 g/mol. The van der Waals surface area contributed by atoms with Crippen molar-refractivity contribution in [2.24, 2.45) is 5.73 Å². The minimum atomic E-state index is -3.55. The number of rotatable bonds is 5. The Kier molecular flexibility index (Phi) is 4.49. The van der Waals surface area contributed by atoms with Crippen molar-refractivity contribution in [1.29, 1.82) is 0 Å². The number of nitrogens with one attached hydrogen (secondary N) is 1. The van der Waals surface area contributed by atoms with Crippen LogP contribution in [0.25, 0.3) is 0 Å². The van der Waals surface area contributed by atoms with Crippen LogP contribution >= 0.6 is 0 Å². The van der Waals surface area contributed by atoms with Crippen LogP contribution in [0.3, 0.4) is 0 Å². The maximum absolute atomic E-state index is 12.3. The molecule has 0 unspecified atom stereocenters. The molecule has 1 aromatic carbocycles. The number of pyridine rings is 1. The molecule has 0 amide bonds. The van der Waals surface area contributed by atoms with Crippen molar-refractivity contribution in [1.82, 2.24) is 9.71 Å². The fraction of sp³-hybridized carbons (Fsp3) is 0.214. The molecular weight excluding hydrogens is 274 g/mol. The topological polar surface area (TPSA) is 85.1 Å². The third-order valence-corrected chi connectivity index (χ3v) is 4.67. The zero-order valence-corrected chi connectivity index (χ0v) is 12.0. The molecule has 0 fully saturated rings. The molecule has 0 bridgehead atoms. The van der Waals surface area contributed by atoms with Crippen LogP contribution in [0.4, 0.5) is 0 Å². The van der Waals surface area contributed by atoms with E-state index in [2.05, 4.69) is 9.71 Å². The molecule has 20 heavy (non-hydrogen) atoms. The minimum absolute atomic E-state index is 0.233. The Morgan fingerprint density at radius 3 is 2.55 bits per heavy atom.